The second kappa shape index (κ2) is 14.9. The number of carbonyl (C=O) groups is 1. The van der Waals surface area contributed by atoms with Crippen LogP contribution in [-0.4, -0.2) is 26.8 Å². The Morgan fingerprint density at radius 2 is 1.24 bits per heavy atom. The van der Waals surface area contributed by atoms with Crippen LogP contribution in [0.15, 0.2) is 120 Å². The van der Waals surface area contributed by atoms with Gasteiger partial charge in [-0.1, -0.05) is 48.5 Å². The van der Waals surface area contributed by atoms with E-state index in [0.29, 0.717) is 17.1 Å². The number of hydrogen-bond acceptors (Lipinski definition) is 7. The van der Waals surface area contributed by atoms with E-state index in [-0.39, 0.29) is 17.7 Å². The molecule has 8 heteroatoms. The maximum atomic E-state index is 13.3. The number of benzene rings is 6. The molecule has 1 spiro atoms. The number of methoxy groups -OCH3 is 2. The number of rotatable bonds is 10. The molecule has 6 aromatic carbocycles. The van der Waals surface area contributed by atoms with E-state index in [0.717, 1.165) is 81.0 Å². The number of carbonyl (C=O) groups excluding carboxylic acids is 1. The summed E-state index contributed by atoms with van der Waals surface area (Å²) in [4.78, 5) is 28.2. The lowest BCUT2D eigenvalue weighted by molar-refractivity contribution is -0.197. The normalized spacial score (nSPS) is 16.0. The van der Waals surface area contributed by atoms with Gasteiger partial charge in [0.25, 0.3) is 5.70 Å². The van der Waals surface area contributed by atoms with Gasteiger partial charge in [0.1, 0.15) is 23.9 Å². The van der Waals surface area contributed by atoms with E-state index in [9.17, 15) is 10.1 Å². The molecule has 0 aliphatic heterocycles. The summed E-state index contributed by atoms with van der Waals surface area (Å²) in [6, 6.07) is 37.3. The Bertz CT molecular complexity index is 2640. The van der Waals surface area contributed by atoms with E-state index in [1.807, 2.05) is 97.1 Å². The van der Waals surface area contributed by atoms with Crippen LogP contribution in [0.1, 0.15) is 46.2 Å². The number of esters is 1. The number of ether oxygens (including phenoxy) is 3. The monoisotopic (exact) mass is 724 g/mol. The fourth-order valence-corrected chi connectivity index (χ4v) is 7.90. The highest BCUT2D eigenvalue weighted by Gasteiger charge is 2.45. The zero-order valence-corrected chi connectivity index (χ0v) is 30.4. The standard InChI is InChI=1S/C47H36N2O6/c1-49-45(23-31-5-7-38-25-40(52-3)13-11-36(38)22-31)46(50)54-41-14-8-33-16-18-47(43(33)26-41)19-17-34-9-15-42(27-44(34)47)55-53-29-32(28-48)20-30-4-6-37-24-39(51-2)12-10-35(37)21-30/h4-15,20-27H,16-19,29H2,2-3H3/b32-20+,45-23-. The Hall–Kier alpha value is -6.87. The molecule has 8 nitrogen and oxygen atoms in total. The third-order valence-electron chi connectivity index (χ3n) is 10.7. The molecule has 2 aliphatic rings. The Morgan fingerprint density at radius 3 is 1.82 bits per heavy atom. The predicted octanol–water partition coefficient (Wildman–Crippen LogP) is 9.97. The molecule has 55 heavy (non-hydrogen) atoms. The van der Waals surface area contributed by atoms with E-state index in [2.05, 4.69) is 17.0 Å². The Morgan fingerprint density at radius 1 is 0.709 bits per heavy atom. The average molecular weight is 725 g/mol. The molecule has 0 radical (unpaired) electrons. The number of hydrogen-bond donors (Lipinski definition) is 0. The summed E-state index contributed by atoms with van der Waals surface area (Å²) >= 11 is 0. The van der Waals surface area contributed by atoms with Crippen LogP contribution in [0.2, 0.25) is 0 Å². The van der Waals surface area contributed by atoms with Crippen molar-refractivity contribution in [3.63, 3.8) is 0 Å². The summed E-state index contributed by atoms with van der Waals surface area (Å²) in [6.07, 6.45) is 6.98. The van der Waals surface area contributed by atoms with Crippen LogP contribution in [0.5, 0.6) is 23.0 Å². The van der Waals surface area contributed by atoms with Crippen molar-refractivity contribution in [2.45, 2.75) is 31.1 Å². The lowest BCUT2D eigenvalue weighted by Crippen LogP contribution is -2.21. The van der Waals surface area contributed by atoms with Crippen molar-refractivity contribution in [1.82, 2.24) is 0 Å². The van der Waals surface area contributed by atoms with Gasteiger partial charge in [-0.15, -0.1) is 0 Å². The maximum Gasteiger partial charge on any atom is 0.341 e. The summed E-state index contributed by atoms with van der Waals surface area (Å²) in [7, 11) is 3.27. The van der Waals surface area contributed by atoms with E-state index in [4.69, 9.17) is 30.6 Å². The molecule has 2 aliphatic carbocycles. The highest BCUT2D eigenvalue weighted by molar-refractivity contribution is 5.98. The summed E-state index contributed by atoms with van der Waals surface area (Å²) in [5.41, 5.74) is 6.39. The van der Waals surface area contributed by atoms with E-state index in [1.54, 1.807) is 32.4 Å². The van der Waals surface area contributed by atoms with Gasteiger partial charge in [0.15, 0.2) is 5.75 Å². The number of nitriles is 1. The summed E-state index contributed by atoms with van der Waals surface area (Å²) in [5.74, 6) is 1.79. The lowest BCUT2D eigenvalue weighted by atomic mass is 9.76. The summed E-state index contributed by atoms with van der Waals surface area (Å²) < 4.78 is 16.5. The van der Waals surface area contributed by atoms with Crippen LogP contribution in [0.3, 0.4) is 0 Å². The Kier molecular flexibility index (Phi) is 9.51. The van der Waals surface area contributed by atoms with Crippen molar-refractivity contribution < 1.29 is 28.8 Å². The fourth-order valence-electron chi connectivity index (χ4n) is 7.90. The van der Waals surface area contributed by atoms with Gasteiger partial charge in [0.2, 0.25) is 0 Å². The Labute approximate surface area is 319 Å². The number of fused-ring (bicyclic) bond motifs is 6. The molecule has 8 rings (SSSR count). The molecule has 0 amide bonds. The van der Waals surface area contributed by atoms with Crippen molar-refractivity contribution in [3.05, 3.63) is 165 Å². The van der Waals surface area contributed by atoms with Gasteiger partial charge in [-0.05, 0) is 153 Å². The van der Waals surface area contributed by atoms with E-state index >= 15 is 0 Å². The topological polar surface area (TPSA) is 91.4 Å². The molecule has 0 heterocycles. The first-order valence-electron chi connectivity index (χ1n) is 18.0. The van der Waals surface area contributed by atoms with Gasteiger partial charge < -0.3 is 19.1 Å². The van der Waals surface area contributed by atoms with Gasteiger partial charge >= 0.3 is 5.97 Å². The highest BCUT2D eigenvalue weighted by atomic mass is 17.2. The molecule has 0 N–H and O–H groups in total. The molecule has 0 fully saturated rings. The average Bonchev–Trinajstić information content (AvgIpc) is 3.78. The molecular weight excluding hydrogens is 689 g/mol. The van der Waals surface area contributed by atoms with E-state index < -0.39 is 5.97 Å². The first-order chi connectivity index (χ1) is 26.9. The minimum Gasteiger partial charge on any atom is -0.497 e. The summed E-state index contributed by atoms with van der Waals surface area (Å²) in [5, 5.41) is 13.9. The molecular formula is C47H36N2O6. The van der Waals surface area contributed by atoms with Crippen LogP contribution in [0.25, 0.3) is 38.5 Å². The highest BCUT2D eigenvalue weighted by Crippen LogP contribution is 2.53. The minimum absolute atomic E-state index is 0.0198. The third-order valence-corrected chi connectivity index (χ3v) is 10.7. The SMILES string of the molecule is [C-]#[N+]/C(=C\c1ccc2cc(OC)ccc2c1)C(=O)Oc1ccc2c(c1)C1(CCc3ccc(OOC/C(C#N)=C/c4ccc5cc(OC)ccc5c4)cc31)CC2. The van der Waals surface area contributed by atoms with Crippen LogP contribution < -0.4 is 19.1 Å². The van der Waals surface area contributed by atoms with Gasteiger partial charge in [0, 0.05) is 5.41 Å². The second-order valence-corrected chi connectivity index (χ2v) is 13.8. The smallest absolute Gasteiger partial charge is 0.341 e. The van der Waals surface area contributed by atoms with E-state index in [1.165, 1.54) is 11.1 Å². The Balaban J connectivity index is 0.967. The lowest BCUT2D eigenvalue weighted by Gasteiger charge is -2.27. The molecule has 0 saturated heterocycles. The third kappa shape index (κ3) is 7.00. The molecule has 270 valence electrons. The molecule has 0 saturated carbocycles. The number of aryl methyl sites for hydroxylation is 2. The van der Waals surface area contributed by atoms with Gasteiger partial charge in [0.05, 0.1) is 32.4 Å². The maximum absolute atomic E-state index is 13.3. The van der Waals surface area contributed by atoms with Crippen molar-refractivity contribution in [1.29, 1.82) is 5.26 Å². The van der Waals surface area contributed by atoms with Gasteiger partial charge in [-0.2, -0.15) is 10.1 Å². The molecule has 0 bridgehead atoms. The molecule has 1 atom stereocenters. The number of nitrogens with zero attached hydrogens (tertiary/aromatic N) is 2. The van der Waals surface area contributed by atoms with Crippen molar-refractivity contribution in [3.8, 4) is 29.1 Å². The minimum atomic E-state index is -0.705. The molecule has 1 unspecified atom stereocenters. The van der Waals surface area contributed by atoms with Crippen molar-refractivity contribution >= 4 is 39.7 Å². The van der Waals surface area contributed by atoms with Gasteiger partial charge in [-0.3, -0.25) is 4.79 Å². The van der Waals surface area contributed by atoms with Crippen LogP contribution in [-0.2, 0) is 27.9 Å². The zero-order chi connectivity index (χ0) is 37.9. The zero-order valence-electron chi connectivity index (χ0n) is 30.4. The van der Waals surface area contributed by atoms with Crippen LogP contribution in [0, 0.1) is 17.9 Å². The first kappa shape index (κ1) is 35.2. The van der Waals surface area contributed by atoms with Gasteiger partial charge in [-0.25, -0.2) is 4.85 Å². The van der Waals surface area contributed by atoms with Crippen molar-refractivity contribution in [2.24, 2.45) is 0 Å². The van der Waals surface area contributed by atoms with Crippen LogP contribution in [0.4, 0.5) is 0 Å². The largest absolute Gasteiger partial charge is 0.497 e. The summed E-state index contributed by atoms with van der Waals surface area (Å²) in [6.45, 7) is 7.72. The van der Waals surface area contributed by atoms with Crippen molar-refractivity contribution in [2.75, 3.05) is 20.8 Å². The predicted molar refractivity (Wildman–Crippen MR) is 212 cm³/mol. The first-order valence-corrected chi connectivity index (χ1v) is 18.0. The quantitative estimate of drug-likeness (QED) is 0.0264. The fraction of sp³-hybridized carbons (Fsp3) is 0.170. The van der Waals surface area contributed by atoms with Crippen LogP contribution >= 0.6 is 0 Å². The second-order valence-electron chi connectivity index (χ2n) is 13.8. The molecule has 6 aromatic rings. The molecule has 0 aromatic heterocycles.